The van der Waals surface area contributed by atoms with Crippen LogP contribution < -0.4 is 15.4 Å². The molecule has 0 bridgehead atoms. The van der Waals surface area contributed by atoms with E-state index in [1.807, 2.05) is 6.07 Å². The van der Waals surface area contributed by atoms with E-state index >= 15 is 0 Å². The van der Waals surface area contributed by atoms with E-state index in [0.29, 0.717) is 47.7 Å². The molecule has 1 aliphatic carbocycles. The molecule has 1 saturated carbocycles. The van der Waals surface area contributed by atoms with Crippen molar-refractivity contribution in [1.29, 1.82) is 0 Å². The van der Waals surface area contributed by atoms with Crippen molar-refractivity contribution in [2.24, 2.45) is 5.92 Å². The summed E-state index contributed by atoms with van der Waals surface area (Å²) in [6, 6.07) is 13.9. The van der Waals surface area contributed by atoms with Crippen molar-refractivity contribution in [1.82, 2.24) is 15.6 Å². The number of nitrogens with one attached hydrogen (secondary N) is 3. The zero-order valence-electron chi connectivity index (χ0n) is 18.5. The molecule has 1 aromatic heterocycles. The molecule has 0 aliphatic heterocycles. The van der Waals surface area contributed by atoms with Crippen molar-refractivity contribution < 1.29 is 24.2 Å². The van der Waals surface area contributed by atoms with Crippen molar-refractivity contribution in [2.45, 2.75) is 31.8 Å². The summed E-state index contributed by atoms with van der Waals surface area (Å²) in [6.07, 6.45) is 2.64. The fourth-order valence-electron chi connectivity index (χ4n) is 4.08. The highest BCUT2D eigenvalue weighted by atomic mass is 35.5. The van der Waals surface area contributed by atoms with Gasteiger partial charge in [0, 0.05) is 34.6 Å². The Morgan fingerprint density at radius 2 is 1.62 bits per heavy atom. The predicted molar refractivity (Wildman–Crippen MR) is 128 cm³/mol. The lowest BCUT2D eigenvalue weighted by molar-refractivity contribution is -0.143. The number of rotatable bonds is 8. The molecule has 4 rings (SSSR count). The van der Waals surface area contributed by atoms with Gasteiger partial charge in [-0.2, -0.15) is 0 Å². The summed E-state index contributed by atoms with van der Waals surface area (Å²) in [7, 11) is 0. The number of benzene rings is 2. The quantitative estimate of drug-likeness (QED) is 0.361. The molecular formula is C25H26ClN3O5. The van der Waals surface area contributed by atoms with Gasteiger partial charge < -0.3 is 25.5 Å². The van der Waals surface area contributed by atoms with Crippen molar-refractivity contribution in [3.05, 3.63) is 64.8 Å². The number of ether oxygens (including phenoxy) is 1. The number of halogens is 1. The highest BCUT2D eigenvalue weighted by Gasteiger charge is 2.26. The Balaban J connectivity index is 1.19. The summed E-state index contributed by atoms with van der Waals surface area (Å²) < 4.78 is 5.93. The van der Waals surface area contributed by atoms with E-state index in [-0.39, 0.29) is 36.9 Å². The molecule has 0 radical (unpaired) electrons. The molecule has 8 nitrogen and oxygen atoms in total. The Morgan fingerprint density at radius 1 is 0.941 bits per heavy atom. The van der Waals surface area contributed by atoms with Crippen LogP contribution in [0.15, 0.2) is 48.5 Å². The number of fused-ring (bicyclic) bond motifs is 1. The Hall–Kier alpha value is -3.52. The van der Waals surface area contributed by atoms with Gasteiger partial charge in [0.05, 0.1) is 12.0 Å². The molecule has 2 amide bonds. The molecule has 1 heterocycles. The van der Waals surface area contributed by atoms with Gasteiger partial charge in [0.1, 0.15) is 11.4 Å². The number of aromatic nitrogens is 1. The number of aliphatic carboxylic acids is 1. The number of carboxylic acids is 1. The predicted octanol–water partition coefficient (Wildman–Crippen LogP) is 4.00. The van der Waals surface area contributed by atoms with Crippen LogP contribution in [0.2, 0.25) is 5.02 Å². The fraction of sp³-hybridized carbons (Fsp3) is 0.320. The number of aromatic amines is 1. The first-order valence-corrected chi connectivity index (χ1v) is 11.6. The summed E-state index contributed by atoms with van der Waals surface area (Å²) >= 11 is 5.98. The number of H-pyrrole nitrogens is 1. The van der Waals surface area contributed by atoms with Gasteiger partial charge in [0.2, 0.25) is 0 Å². The van der Waals surface area contributed by atoms with Crippen molar-refractivity contribution in [3.63, 3.8) is 0 Å². The van der Waals surface area contributed by atoms with Gasteiger partial charge in [-0.15, -0.1) is 0 Å². The molecule has 0 spiro atoms. The molecule has 1 aliphatic rings. The normalized spacial score (nSPS) is 17.8. The third-order valence-electron chi connectivity index (χ3n) is 5.97. The third-order valence-corrected chi connectivity index (χ3v) is 6.20. The van der Waals surface area contributed by atoms with Crippen LogP contribution in [0.1, 0.15) is 46.5 Å². The van der Waals surface area contributed by atoms with Crippen LogP contribution in [0.5, 0.6) is 5.75 Å². The third kappa shape index (κ3) is 5.88. The molecule has 4 N–H and O–H groups in total. The number of amides is 2. The Bertz CT molecular complexity index is 1180. The second-order valence-corrected chi connectivity index (χ2v) is 8.82. The Labute approximate surface area is 201 Å². The van der Waals surface area contributed by atoms with Crippen LogP contribution in [-0.4, -0.2) is 47.1 Å². The summed E-state index contributed by atoms with van der Waals surface area (Å²) in [5, 5.41) is 16.1. The lowest BCUT2D eigenvalue weighted by Crippen LogP contribution is -2.34. The lowest BCUT2D eigenvalue weighted by Gasteiger charge is -2.26. The zero-order chi connectivity index (χ0) is 24.1. The number of hydrogen-bond donors (Lipinski definition) is 4. The molecule has 0 saturated heterocycles. The van der Waals surface area contributed by atoms with Gasteiger partial charge in [-0.25, -0.2) is 0 Å². The lowest BCUT2D eigenvalue weighted by atomic mass is 9.87. The van der Waals surface area contributed by atoms with Crippen molar-refractivity contribution in [2.75, 3.05) is 13.1 Å². The number of carbonyl (C=O) groups is 3. The first-order chi connectivity index (χ1) is 16.4. The maximum atomic E-state index is 12.4. The highest BCUT2D eigenvalue weighted by molar-refractivity contribution is 6.31. The smallest absolute Gasteiger partial charge is 0.306 e. The average Bonchev–Trinajstić information content (AvgIpc) is 3.26. The van der Waals surface area contributed by atoms with Crippen LogP contribution in [0.4, 0.5) is 0 Å². The molecule has 1 fully saturated rings. The van der Waals surface area contributed by atoms with E-state index in [2.05, 4.69) is 15.6 Å². The van der Waals surface area contributed by atoms with Gasteiger partial charge in [-0.3, -0.25) is 14.4 Å². The van der Waals surface area contributed by atoms with E-state index in [9.17, 15) is 14.4 Å². The van der Waals surface area contributed by atoms with Crippen LogP contribution >= 0.6 is 11.6 Å². The monoisotopic (exact) mass is 483 g/mol. The SMILES string of the molecule is O=C(NCCNC(=O)c1cc2cc(Cl)ccc2[nH]1)c1ccc(O[C@H]2CC[C@@H](C(=O)O)CC2)cc1. The summed E-state index contributed by atoms with van der Waals surface area (Å²) in [5.41, 5.74) is 1.74. The van der Waals surface area contributed by atoms with Crippen molar-refractivity contribution in [3.8, 4) is 5.75 Å². The number of hydrogen-bond acceptors (Lipinski definition) is 4. The highest BCUT2D eigenvalue weighted by Crippen LogP contribution is 2.28. The second kappa shape index (κ2) is 10.6. The van der Waals surface area contributed by atoms with E-state index in [1.54, 1.807) is 42.5 Å². The van der Waals surface area contributed by atoms with Gasteiger partial charge in [0.25, 0.3) is 11.8 Å². The van der Waals surface area contributed by atoms with Crippen LogP contribution in [-0.2, 0) is 4.79 Å². The molecule has 9 heteroatoms. The van der Waals surface area contributed by atoms with Crippen LogP contribution in [0.3, 0.4) is 0 Å². The minimum atomic E-state index is -0.739. The van der Waals surface area contributed by atoms with Gasteiger partial charge in [-0.05, 0) is 74.2 Å². The summed E-state index contributed by atoms with van der Waals surface area (Å²) in [5.74, 6) is -0.875. The number of carboxylic acid groups (broad SMARTS) is 1. The maximum Gasteiger partial charge on any atom is 0.306 e. The van der Waals surface area contributed by atoms with E-state index in [1.165, 1.54) is 0 Å². The maximum absolute atomic E-state index is 12.4. The fourth-order valence-corrected chi connectivity index (χ4v) is 4.26. The van der Waals surface area contributed by atoms with Crippen molar-refractivity contribution >= 4 is 40.3 Å². The second-order valence-electron chi connectivity index (χ2n) is 8.38. The molecule has 0 unspecified atom stereocenters. The van der Waals surface area contributed by atoms with E-state index in [4.69, 9.17) is 21.4 Å². The molecule has 3 aromatic rings. The summed E-state index contributed by atoms with van der Waals surface area (Å²) in [4.78, 5) is 38.8. The van der Waals surface area contributed by atoms with Crippen LogP contribution in [0, 0.1) is 5.92 Å². The number of carbonyl (C=O) groups excluding carboxylic acids is 2. The molecular weight excluding hydrogens is 458 g/mol. The standard InChI is InChI=1S/C25H26ClN3O5/c26-18-5-10-21-17(13-18)14-22(29-21)24(31)28-12-11-27-23(30)15-1-6-19(7-2-15)34-20-8-3-16(4-9-20)25(32)33/h1-2,5-7,10,13-14,16,20,29H,3-4,8-9,11-12H2,(H,27,30)(H,28,31)(H,32,33)/t16-,20+. The first-order valence-electron chi connectivity index (χ1n) is 11.2. The minimum Gasteiger partial charge on any atom is -0.490 e. The molecule has 0 atom stereocenters. The zero-order valence-corrected chi connectivity index (χ0v) is 19.2. The molecule has 34 heavy (non-hydrogen) atoms. The van der Waals surface area contributed by atoms with Gasteiger partial charge >= 0.3 is 5.97 Å². The van der Waals surface area contributed by atoms with E-state index < -0.39 is 5.97 Å². The minimum absolute atomic E-state index is 0.00635. The average molecular weight is 484 g/mol. The van der Waals surface area contributed by atoms with Gasteiger partial charge in [-0.1, -0.05) is 11.6 Å². The molecule has 178 valence electrons. The molecule has 2 aromatic carbocycles. The topological polar surface area (TPSA) is 121 Å². The largest absolute Gasteiger partial charge is 0.490 e. The summed E-state index contributed by atoms with van der Waals surface area (Å²) in [6.45, 7) is 0.558. The Kier molecular flexibility index (Phi) is 7.37. The van der Waals surface area contributed by atoms with E-state index in [0.717, 1.165) is 10.9 Å². The first kappa shape index (κ1) is 23.6. The van der Waals surface area contributed by atoms with Gasteiger partial charge in [0.15, 0.2) is 0 Å². The van der Waals surface area contributed by atoms with Crippen LogP contribution in [0.25, 0.3) is 10.9 Å². The Morgan fingerprint density at radius 3 is 2.29 bits per heavy atom.